The van der Waals surface area contributed by atoms with Gasteiger partial charge in [-0.15, -0.1) is 0 Å². The van der Waals surface area contributed by atoms with Gasteiger partial charge in [0.2, 0.25) is 0 Å². The number of nitrogens with zero attached hydrogens (tertiary/aromatic N) is 3. The molecule has 13 heteroatoms. The Bertz CT molecular complexity index is 1430. The predicted octanol–water partition coefficient (Wildman–Crippen LogP) is 3.47. The van der Waals surface area contributed by atoms with E-state index in [1.807, 2.05) is 19.9 Å². The van der Waals surface area contributed by atoms with Gasteiger partial charge in [-0.05, 0) is 36.8 Å². The number of nitrogens with one attached hydrogen (secondary N) is 1. The van der Waals surface area contributed by atoms with E-state index in [1.165, 1.54) is 31.2 Å². The number of rotatable bonds is 15. The van der Waals surface area contributed by atoms with Crippen LogP contribution in [-0.4, -0.2) is 73.3 Å². The third-order valence-corrected chi connectivity index (χ3v) is 6.67. The molecule has 2 aromatic rings. The zero-order valence-electron chi connectivity index (χ0n) is 25.0. The second kappa shape index (κ2) is 16.2. The Morgan fingerprint density at radius 3 is 2.43 bits per heavy atom. The van der Waals surface area contributed by atoms with Crippen LogP contribution in [0.2, 0.25) is 0 Å². The number of nitro groups is 1. The lowest BCUT2D eigenvalue weighted by atomic mass is 9.75. The molecule has 3 atom stereocenters. The maximum atomic E-state index is 13.3. The molecule has 3 rings (SSSR count). The van der Waals surface area contributed by atoms with Gasteiger partial charge in [-0.1, -0.05) is 26.0 Å². The first-order valence-electron chi connectivity index (χ1n) is 14.0. The molecule has 1 aliphatic heterocycles. The number of nitro benzene ring substituents is 1. The number of hydrogen-bond acceptors (Lipinski definition) is 12. The number of carbonyl (C=O) groups excluding carboxylic acids is 2. The number of aliphatic imine (C=N–C) groups is 1. The van der Waals surface area contributed by atoms with E-state index in [-0.39, 0.29) is 54.1 Å². The van der Waals surface area contributed by atoms with Gasteiger partial charge in [0.05, 0.1) is 30.8 Å². The average Bonchev–Trinajstić information content (AvgIpc) is 3.02. The molecule has 1 aliphatic rings. The quantitative estimate of drug-likeness (QED) is 0.131. The Morgan fingerprint density at radius 1 is 1.14 bits per heavy atom. The maximum Gasteiger partial charge on any atom is 0.336 e. The summed E-state index contributed by atoms with van der Waals surface area (Å²) in [5.74, 6) is -2.83. The molecule has 0 bridgehead atoms. The van der Waals surface area contributed by atoms with Gasteiger partial charge in [0.1, 0.15) is 41.9 Å². The molecule has 0 saturated carbocycles. The van der Waals surface area contributed by atoms with Crippen LogP contribution in [-0.2, 0) is 19.1 Å². The highest BCUT2D eigenvalue weighted by molar-refractivity contribution is 6.14. The van der Waals surface area contributed by atoms with Gasteiger partial charge in [0.15, 0.2) is 0 Å². The van der Waals surface area contributed by atoms with Gasteiger partial charge in [-0.25, -0.2) is 9.79 Å². The van der Waals surface area contributed by atoms with Gasteiger partial charge in [0.25, 0.3) is 5.69 Å². The van der Waals surface area contributed by atoms with Gasteiger partial charge in [-0.3, -0.25) is 14.9 Å². The van der Waals surface area contributed by atoms with Crippen LogP contribution in [0.15, 0.2) is 64.8 Å². The molecule has 1 heterocycles. The minimum Gasteiger partial charge on any atom is -0.493 e. The van der Waals surface area contributed by atoms with Crippen LogP contribution in [0.25, 0.3) is 0 Å². The second-order valence-corrected chi connectivity index (χ2v) is 10.3. The van der Waals surface area contributed by atoms with Crippen molar-refractivity contribution in [1.29, 1.82) is 5.26 Å². The molecule has 0 aromatic heterocycles. The Hall–Kier alpha value is -4.80. The largest absolute Gasteiger partial charge is 0.493 e. The number of aliphatic hydroxyl groups excluding tert-OH is 1. The SMILES string of the molecule is COC(=O)C1C(C#N)=NC(C)=C(C(=O)OCCCOc2ccc(OCC(O)CNC(C)C)cc2)C1c1cccc([N+](=O)[O-])c1. The normalized spacial score (nSPS) is 16.9. The van der Waals surface area contributed by atoms with E-state index in [4.69, 9.17) is 18.9 Å². The number of nitriles is 1. The molecule has 0 aliphatic carbocycles. The Labute approximate surface area is 255 Å². The molecule has 0 amide bonds. The van der Waals surface area contributed by atoms with Crippen LogP contribution in [0.3, 0.4) is 0 Å². The summed E-state index contributed by atoms with van der Waals surface area (Å²) in [4.78, 5) is 41.1. The van der Waals surface area contributed by atoms with Crippen LogP contribution < -0.4 is 14.8 Å². The molecule has 0 fully saturated rings. The molecular weight excluding hydrogens is 572 g/mol. The van der Waals surface area contributed by atoms with Crippen molar-refractivity contribution in [2.45, 2.75) is 45.3 Å². The van der Waals surface area contributed by atoms with Crippen LogP contribution in [0, 0.1) is 27.4 Å². The fourth-order valence-corrected chi connectivity index (χ4v) is 4.54. The van der Waals surface area contributed by atoms with Crippen molar-refractivity contribution >= 4 is 23.3 Å². The Kier molecular flexibility index (Phi) is 12.4. The van der Waals surface area contributed by atoms with Gasteiger partial charge >= 0.3 is 11.9 Å². The lowest BCUT2D eigenvalue weighted by molar-refractivity contribution is -0.384. The molecule has 234 valence electrons. The summed E-state index contributed by atoms with van der Waals surface area (Å²) in [5.41, 5.74) is 0.00495. The summed E-state index contributed by atoms with van der Waals surface area (Å²) in [7, 11) is 1.14. The number of non-ortho nitro benzene ring substituents is 1. The molecule has 0 spiro atoms. The van der Waals surface area contributed by atoms with Crippen molar-refractivity contribution in [2.75, 3.05) is 33.5 Å². The third-order valence-electron chi connectivity index (χ3n) is 6.67. The van der Waals surface area contributed by atoms with E-state index in [0.717, 1.165) is 7.11 Å². The van der Waals surface area contributed by atoms with Crippen molar-refractivity contribution in [3.05, 3.63) is 75.5 Å². The standard InChI is InChI=1S/C31H36N4O9/c1-19(2)33-17-23(36)18-44-25-11-9-24(10-12-25)42-13-6-14-43-31(38)27-20(3)34-26(16-32)29(30(37)41-4)28(27)21-7-5-8-22(15-21)35(39)40/h5,7-12,15,19,23,28-29,33,36H,6,13-14,17-18H2,1-4H3. The van der Waals surface area contributed by atoms with Crippen LogP contribution in [0.1, 0.15) is 38.7 Å². The number of allylic oxidation sites excluding steroid dienone is 1. The molecule has 0 saturated heterocycles. The first kappa shape index (κ1) is 33.7. The topological polar surface area (TPSA) is 183 Å². The lowest BCUT2D eigenvalue weighted by Crippen LogP contribution is -2.36. The zero-order chi connectivity index (χ0) is 32.2. The van der Waals surface area contributed by atoms with E-state index in [9.17, 15) is 30.1 Å². The predicted molar refractivity (Wildman–Crippen MR) is 159 cm³/mol. The van der Waals surface area contributed by atoms with Crippen molar-refractivity contribution < 1.29 is 38.6 Å². The van der Waals surface area contributed by atoms with Crippen molar-refractivity contribution in [3.63, 3.8) is 0 Å². The maximum absolute atomic E-state index is 13.3. The minimum atomic E-state index is -1.30. The van der Waals surface area contributed by atoms with E-state index < -0.39 is 34.8 Å². The minimum absolute atomic E-state index is 0.00140. The second-order valence-electron chi connectivity index (χ2n) is 10.3. The molecule has 13 nitrogen and oxygen atoms in total. The van der Waals surface area contributed by atoms with Gasteiger partial charge in [0, 0.05) is 42.8 Å². The Morgan fingerprint density at radius 2 is 1.82 bits per heavy atom. The highest BCUT2D eigenvalue weighted by Gasteiger charge is 2.44. The molecule has 0 radical (unpaired) electrons. The number of hydrogen-bond donors (Lipinski definition) is 2. The highest BCUT2D eigenvalue weighted by Crippen LogP contribution is 2.41. The highest BCUT2D eigenvalue weighted by atomic mass is 16.6. The summed E-state index contributed by atoms with van der Waals surface area (Å²) >= 11 is 0. The number of aliphatic hydroxyl groups is 1. The molecule has 3 unspecified atom stereocenters. The van der Waals surface area contributed by atoms with Crippen LogP contribution in [0.5, 0.6) is 11.5 Å². The summed E-state index contributed by atoms with van der Waals surface area (Å²) in [6, 6.07) is 14.5. The monoisotopic (exact) mass is 608 g/mol. The summed E-state index contributed by atoms with van der Waals surface area (Å²) < 4.78 is 21.7. The van der Waals surface area contributed by atoms with Crippen molar-refractivity contribution in [3.8, 4) is 17.6 Å². The fourth-order valence-electron chi connectivity index (χ4n) is 4.54. The molecular formula is C31H36N4O9. The first-order chi connectivity index (χ1) is 21.0. The van der Waals surface area contributed by atoms with E-state index in [1.54, 1.807) is 24.3 Å². The average molecular weight is 609 g/mol. The molecule has 44 heavy (non-hydrogen) atoms. The third kappa shape index (κ3) is 9.10. The number of benzene rings is 2. The van der Waals surface area contributed by atoms with E-state index >= 15 is 0 Å². The van der Waals surface area contributed by atoms with Crippen molar-refractivity contribution in [2.24, 2.45) is 10.9 Å². The summed E-state index contributed by atoms with van der Waals surface area (Å²) in [6.45, 7) is 6.26. The van der Waals surface area contributed by atoms with E-state index in [2.05, 4.69) is 10.3 Å². The molecule has 2 N–H and O–H groups in total. The van der Waals surface area contributed by atoms with Crippen molar-refractivity contribution in [1.82, 2.24) is 5.32 Å². The van der Waals surface area contributed by atoms with Gasteiger partial charge in [-0.2, -0.15) is 5.26 Å². The number of ether oxygens (including phenoxy) is 4. The number of carbonyl (C=O) groups is 2. The van der Waals surface area contributed by atoms with Gasteiger partial charge < -0.3 is 29.4 Å². The number of esters is 2. The summed E-state index contributed by atoms with van der Waals surface area (Å²) in [5, 5.41) is 34.2. The lowest BCUT2D eigenvalue weighted by Gasteiger charge is -2.30. The zero-order valence-corrected chi connectivity index (χ0v) is 25.0. The smallest absolute Gasteiger partial charge is 0.336 e. The summed E-state index contributed by atoms with van der Waals surface area (Å²) in [6.07, 6.45) is -0.308. The number of methoxy groups -OCH3 is 1. The Balaban J connectivity index is 1.62. The van der Waals surface area contributed by atoms with Crippen LogP contribution in [0.4, 0.5) is 5.69 Å². The van der Waals surface area contributed by atoms with E-state index in [0.29, 0.717) is 24.5 Å². The first-order valence-corrected chi connectivity index (χ1v) is 14.0. The van der Waals surface area contributed by atoms with Crippen LogP contribution >= 0.6 is 0 Å². The fraction of sp³-hybridized carbons (Fsp3) is 0.419. The molecule has 2 aromatic carbocycles.